The smallest absolute Gasteiger partial charge is 0.232 e. The van der Waals surface area contributed by atoms with Crippen LogP contribution in [0.2, 0.25) is 0 Å². The summed E-state index contributed by atoms with van der Waals surface area (Å²) in [4.78, 5) is 2.29. The first kappa shape index (κ1) is 18.1. The van der Waals surface area contributed by atoms with Gasteiger partial charge in [0, 0.05) is 0 Å². The zero-order valence-electron chi connectivity index (χ0n) is 14.7. The Kier molecular flexibility index (Phi) is 4.51. The third-order valence-electron chi connectivity index (χ3n) is 4.09. The van der Waals surface area contributed by atoms with E-state index in [1.165, 1.54) is 23.3 Å². The molecule has 0 saturated heterocycles. The van der Waals surface area contributed by atoms with Gasteiger partial charge in [-0.3, -0.25) is 0 Å². The standard InChI is InChI=1S/C19H17N3O2S3/c1-12-7-18(25-10-12)16-9-17(19-8-13(2)11-26-19)22(21-16)14-3-5-15(6-4-14)27(20,23)24/h3-11H,1-2H3,(H2,20,23,24). The van der Waals surface area contributed by atoms with E-state index in [1.807, 2.05) is 4.68 Å². The Hall–Kier alpha value is -2.26. The van der Waals surface area contributed by atoms with Crippen LogP contribution in [0.25, 0.3) is 26.8 Å². The van der Waals surface area contributed by atoms with Gasteiger partial charge >= 0.3 is 0 Å². The predicted octanol–water partition coefficient (Wildman–Crippen LogP) is 4.59. The fourth-order valence-electron chi connectivity index (χ4n) is 2.78. The fourth-order valence-corrected chi connectivity index (χ4v) is 5.05. The molecule has 3 aromatic heterocycles. The summed E-state index contributed by atoms with van der Waals surface area (Å²) >= 11 is 3.32. The third kappa shape index (κ3) is 3.61. The van der Waals surface area contributed by atoms with Crippen LogP contribution in [0.1, 0.15) is 11.1 Å². The topological polar surface area (TPSA) is 78.0 Å². The Morgan fingerprint density at radius 2 is 1.52 bits per heavy atom. The van der Waals surface area contributed by atoms with Gasteiger partial charge in [0.25, 0.3) is 0 Å². The lowest BCUT2D eigenvalue weighted by molar-refractivity contribution is 0.598. The number of benzene rings is 1. The minimum atomic E-state index is -3.72. The number of thiophene rings is 2. The number of hydrogen-bond acceptors (Lipinski definition) is 5. The molecule has 2 N–H and O–H groups in total. The summed E-state index contributed by atoms with van der Waals surface area (Å²) in [5.41, 5.74) is 5.04. The van der Waals surface area contributed by atoms with Gasteiger partial charge in [0.1, 0.15) is 5.69 Å². The van der Waals surface area contributed by atoms with Gasteiger partial charge in [0.2, 0.25) is 10.0 Å². The minimum Gasteiger partial charge on any atom is -0.232 e. The number of aromatic nitrogens is 2. The van der Waals surface area contributed by atoms with Crippen LogP contribution in [0.4, 0.5) is 0 Å². The van der Waals surface area contributed by atoms with Crippen LogP contribution in [0, 0.1) is 13.8 Å². The lowest BCUT2D eigenvalue weighted by Gasteiger charge is -2.07. The molecule has 0 aliphatic carbocycles. The monoisotopic (exact) mass is 415 g/mol. The molecule has 0 spiro atoms. The molecule has 0 amide bonds. The van der Waals surface area contributed by atoms with Crippen LogP contribution < -0.4 is 5.14 Å². The molecular formula is C19H17N3O2S3. The van der Waals surface area contributed by atoms with Crippen molar-refractivity contribution in [3.05, 3.63) is 64.4 Å². The first-order chi connectivity index (χ1) is 12.8. The van der Waals surface area contributed by atoms with Crippen molar-refractivity contribution in [2.24, 2.45) is 5.14 Å². The van der Waals surface area contributed by atoms with Crippen LogP contribution in [0.15, 0.2) is 58.1 Å². The largest absolute Gasteiger partial charge is 0.238 e. The third-order valence-corrected chi connectivity index (χ3v) is 7.16. The highest BCUT2D eigenvalue weighted by Crippen LogP contribution is 2.34. The Labute approximate surface area is 165 Å². The van der Waals surface area contributed by atoms with E-state index in [9.17, 15) is 8.42 Å². The number of sulfonamides is 1. The predicted molar refractivity (Wildman–Crippen MR) is 111 cm³/mol. The summed E-state index contributed by atoms with van der Waals surface area (Å²) in [6.45, 7) is 4.12. The number of primary sulfonamides is 1. The molecule has 4 rings (SSSR count). The molecule has 27 heavy (non-hydrogen) atoms. The number of nitrogens with zero attached hydrogens (tertiary/aromatic N) is 2. The summed E-state index contributed by atoms with van der Waals surface area (Å²) in [6.07, 6.45) is 0. The number of aryl methyl sites for hydroxylation is 2. The van der Waals surface area contributed by atoms with E-state index in [1.54, 1.807) is 34.8 Å². The van der Waals surface area contributed by atoms with Crippen molar-refractivity contribution >= 4 is 32.7 Å². The molecule has 0 radical (unpaired) electrons. The summed E-state index contributed by atoms with van der Waals surface area (Å²) in [6, 6.07) is 12.8. The van der Waals surface area contributed by atoms with Crippen molar-refractivity contribution in [2.75, 3.05) is 0 Å². The lowest BCUT2D eigenvalue weighted by atomic mass is 10.2. The highest BCUT2D eigenvalue weighted by atomic mass is 32.2. The summed E-state index contributed by atoms with van der Waals surface area (Å²) in [7, 11) is -3.72. The fraction of sp³-hybridized carbons (Fsp3) is 0.105. The van der Waals surface area contributed by atoms with Gasteiger partial charge in [-0.05, 0) is 78.2 Å². The molecule has 3 heterocycles. The van der Waals surface area contributed by atoms with E-state index in [0.717, 1.165) is 26.8 Å². The van der Waals surface area contributed by atoms with Crippen LogP contribution in [0.3, 0.4) is 0 Å². The molecule has 0 aliphatic heterocycles. The van der Waals surface area contributed by atoms with Crippen LogP contribution in [-0.2, 0) is 10.0 Å². The SMILES string of the molecule is Cc1csc(-c2cc(-c3cc(C)cs3)n(-c3ccc(S(N)(=O)=O)cc3)n2)c1. The number of rotatable bonds is 4. The zero-order chi connectivity index (χ0) is 19.2. The van der Waals surface area contributed by atoms with Crippen LogP contribution >= 0.6 is 22.7 Å². The summed E-state index contributed by atoms with van der Waals surface area (Å²) in [5.74, 6) is 0. The zero-order valence-corrected chi connectivity index (χ0v) is 17.2. The molecule has 5 nitrogen and oxygen atoms in total. The molecule has 0 bridgehead atoms. The van der Waals surface area contributed by atoms with Gasteiger partial charge in [0.05, 0.1) is 26.0 Å². The maximum Gasteiger partial charge on any atom is 0.238 e. The second-order valence-electron chi connectivity index (χ2n) is 6.34. The molecule has 0 aliphatic rings. The molecule has 8 heteroatoms. The van der Waals surface area contributed by atoms with Gasteiger partial charge in [0.15, 0.2) is 0 Å². The molecule has 0 saturated carbocycles. The van der Waals surface area contributed by atoms with Crippen molar-refractivity contribution < 1.29 is 8.42 Å². The van der Waals surface area contributed by atoms with Crippen LogP contribution in [0.5, 0.6) is 0 Å². The molecule has 138 valence electrons. The highest BCUT2D eigenvalue weighted by Gasteiger charge is 2.16. The van der Waals surface area contributed by atoms with Gasteiger partial charge in [-0.2, -0.15) is 5.10 Å². The first-order valence-electron chi connectivity index (χ1n) is 8.15. The van der Waals surface area contributed by atoms with E-state index >= 15 is 0 Å². The van der Waals surface area contributed by atoms with Crippen molar-refractivity contribution in [3.8, 4) is 26.8 Å². The average molecular weight is 416 g/mol. The minimum absolute atomic E-state index is 0.0843. The Morgan fingerprint density at radius 3 is 2.04 bits per heavy atom. The molecule has 0 atom stereocenters. The van der Waals surface area contributed by atoms with E-state index in [0.29, 0.717) is 0 Å². The average Bonchev–Trinajstić information content (AvgIpc) is 3.33. The second kappa shape index (κ2) is 6.72. The van der Waals surface area contributed by atoms with Gasteiger partial charge in [-0.25, -0.2) is 18.2 Å². The second-order valence-corrected chi connectivity index (χ2v) is 9.73. The Balaban J connectivity index is 1.86. The number of hydrogen-bond donors (Lipinski definition) is 1. The van der Waals surface area contributed by atoms with Gasteiger partial charge < -0.3 is 0 Å². The first-order valence-corrected chi connectivity index (χ1v) is 11.5. The van der Waals surface area contributed by atoms with Crippen molar-refractivity contribution in [2.45, 2.75) is 18.7 Å². The normalized spacial score (nSPS) is 11.8. The maximum absolute atomic E-state index is 11.5. The van der Waals surface area contributed by atoms with E-state index < -0.39 is 10.0 Å². The van der Waals surface area contributed by atoms with Crippen molar-refractivity contribution in [1.29, 1.82) is 0 Å². The van der Waals surface area contributed by atoms with Gasteiger partial charge in [-0.15, -0.1) is 22.7 Å². The Morgan fingerprint density at radius 1 is 0.926 bits per heavy atom. The van der Waals surface area contributed by atoms with Crippen molar-refractivity contribution in [3.63, 3.8) is 0 Å². The van der Waals surface area contributed by atoms with E-state index in [2.05, 4.69) is 42.8 Å². The number of nitrogens with two attached hydrogens (primary N) is 1. The van der Waals surface area contributed by atoms with E-state index in [4.69, 9.17) is 10.2 Å². The van der Waals surface area contributed by atoms with E-state index in [-0.39, 0.29) is 4.90 Å². The molecule has 0 fully saturated rings. The molecule has 1 aromatic carbocycles. The van der Waals surface area contributed by atoms with Crippen LogP contribution in [-0.4, -0.2) is 18.2 Å². The summed E-state index contributed by atoms with van der Waals surface area (Å²) < 4.78 is 24.9. The maximum atomic E-state index is 11.5. The molecule has 4 aromatic rings. The van der Waals surface area contributed by atoms with Gasteiger partial charge in [-0.1, -0.05) is 0 Å². The lowest BCUT2D eigenvalue weighted by Crippen LogP contribution is -2.12. The summed E-state index contributed by atoms with van der Waals surface area (Å²) in [5, 5.41) is 14.2. The molecular weight excluding hydrogens is 398 g/mol. The quantitative estimate of drug-likeness (QED) is 0.529. The molecule has 0 unspecified atom stereocenters. The van der Waals surface area contributed by atoms with Crippen molar-refractivity contribution in [1.82, 2.24) is 9.78 Å². The highest BCUT2D eigenvalue weighted by molar-refractivity contribution is 7.89. The Bertz CT molecular complexity index is 1220.